The van der Waals surface area contributed by atoms with Gasteiger partial charge in [-0.15, -0.1) is 0 Å². The van der Waals surface area contributed by atoms with Crippen molar-refractivity contribution in [3.63, 3.8) is 0 Å². The number of nitrogens with zero attached hydrogens (tertiary/aromatic N) is 1. The number of carbonyl (C=O) groups excluding carboxylic acids is 1. The van der Waals surface area contributed by atoms with Crippen molar-refractivity contribution in [2.24, 2.45) is 0 Å². The Balaban J connectivity index is 2.73. The molecule has 0 N–H and O–H groups in total. The molecule has 1 unspecified atom stereocenters. The summed E-state index contributed by atoms with van der Waals surface area (Å²) in [6, 6.07) is 3.60. The Hall–Kier alpha value is -1.58. The molecule has 0 fully saturated rings. The molecule has 4 heteroatoms. The Morgan fingerprint density at radius 1 is 1.47 bits per heavy atom. The Morgan fingerprint density at radius 3 is 2.82 bits per heavy atom. The van der Waals surface area contributed by atoms with Crippen molar-refractivity contribution in [2.45, 2.75) is 39.7 Å². The van der Waals surface area contributed by atoms with Gasteiger partial charge in [0.1, 0.15) is 5.75 Å². The lowest BCUT2D eigenvalue weighted by Crippen LogP contribution is -2.29. The standard InChI is InChI=1S/C13H19NO3/c1-4-7-12(13(15)16-5-2)17-11-8-6-9-14-10(11)3/h6,8-9,12H,4-5,7H2,1-3H3. The number of aromatic nitrogens is 1. The molecule has 0 radical (unpaired) electrons. The third-order valence-electron chi connectivity index (χ3n) is 2.33. The maximum absolute atomic E-state index is 11.7. The van der Waals surface area contributed by atoms with Gasteiger partial charge in [0.05, 0.1) is 12.3 Å². The maximum atomic E-state index is 11.7. The van der Waals surface area contributed by atoms with Gasteiger partial charge < -0.3 is 9.47 Å². The van der Waals surface area contributed by atoms with E-state index in [1.165, 1.54) is 0 Å². The Kier molecular flexibility index (Phi) is 5.46. The van der Waals surface area contributed by atoms with Crippen LogP contribution in [0.1, 0.15) is 32.4 Å². The Labute approximate surface area is 102 Å². The van der Waals surface area contributed by atoms with Crippen LogP contribution in [0.5, 0.6) is 5.75 Å². The zero-order valence-corrected chi connectivity index (χ0v) is 10.6. The molecule has 1 heterocycles. The monoisotopic (exact) mass is 237 g/mol. The smallest absolute Gasteiger partial charge is 0.347 e. The van der Waals surface area contributed by atoms with Crippen LogP contribution in [0.2, 0.25) is 0 Å². The molecule has 0 saturated carbocycles. The third kappa shape index (κ3) is 4.06. The average molecular weight is 237 g/mol. The highest BCUT2D eigenvalue weighted by molar-refractivity contribution is 5.75. The Morgan fingerprint density at radius 2 is 2.24 bits per heavy atom. The van der Waals surface area contributed by atoms with Crippen molar-refractivity contribution in [1.82, 2.24) is 4.98 Å². The fraction of sp³-hybridized carbons (Fsp3) is 0.538. The van der Waals surface area contributed by atoms with Gasteiger partial charge in [-0.3, -0.25) is 4.98 Å². The summed E-state index contributed by atoms with van der Waals surface area (Å²) in [4.78, 5) is 15.8. The van der Waals surface area contributed by atoms with E-state index < -0.39 is 6.10 Å². The molecule has 0 aromatic carbocycles. The second-order valence-electron chi connectivity index (χ2n) is 3.73. The quantitative estimate of drug-likeness (QED) is 0.713. The summed E-state index contributed by atoms with van der Waals surface area (Å²) >= 11 is 0. The van der Waals surface area contributed by atoms with E-state index in [-0.39, 0.29) is 5.97 Å². The molecule has 0 aliphatic rings. The number of hydrogen-bond donors (Lipinski definition) is 0. The zero-order valence-electron chi connectivity index (χ0n) is 10.6. The van der Waals surface area contributed by atoms with Crippen LogP contribution < -0.4 is 4.74 Å². The first-order valence-corrected chi connectivity index (χ1v) is 5.94. The van der Waals surface area contributed by atoms with E-state index in [0.29, 0.717) is 18.8 Å². The SMILES string of the molecule is CCCC(Oc1cccnc1C)C(=O)OCC. The van der Waals surface area contributed by atoms with Crippen LogP contribution in [0.4, 0.5) is 0 Å². The van der Waals surface area contributed by atoms with Gasteiger partial charge in [0.2, 0.25) is 0 Å². The second-order valence-corrected chi connectivity index (χ2v) is 3.73. The van der Waals surface area contributed by atoms with E-state index in [9.17, 15) is 4.79 Å². The molecule has 1 aromatic heterocycles. The van der Waals surface area contributed by atoms with Crippen LogP contribution in [0.3, 0.4) is 0 Å². The summed E-state index contributed by atoms with van der Waals surface area (Å²) < 4.78 is 10.6. The first-order chi connectivity index (χ1) is 8.19. The molecule has 1 rings (SSSR count). The minimum absolute atomic E-state index is 0.308. The van der Waals surface area contributed by atoms with Gasteiger partial charge in [-0.05, 0) is 32.4 Å². The van der Waals surface area contributed by atoms with E-state index in [1.807, 2.05) is 19.9 Å². The van der Waals surface area contributed by atoms with Crippen LogP contribution in [-0.2, 0) is 9.53 Å². The molecule has 1 aromatic rings. The van der Waals surface area contributed by atoms with Gasteiger partial charge in [0, 0.05) is 6.20 Å². The minimum atomic E-state index is -0.539. The van der Waals surface area contributed by atoms with Gasteiger partial charge in [-0.2, -0.15) is 0 Å². The summed E-state index contributed by atoms with van der Waals surface area (Å²) in [5, 5.41) is 0. The molecule has 0 bridgehead atoms. The van der Waals surface area contributed by atoms with Crippen molar-refractivity contribution in [3.05, 3.63) is 24.0 Å². The number of carbonyl (C=O) groups is 1. The van der Waals surface area contributed by atoms with Crippen molar-refractivity contribution < 1.29 is 14.3 Å². The van der Waals surface area contributed by atoms with Crippen molar-refractivity contribution in [2.75, 3.05) is 6.61 Å². The maximum Gasteiger partial charge on any atom is 0.347 e. The highest BCUT2D eigenvalue weighted by atomic mass is 16.6. The fourth-order valence-corrected chi connectivity index (χ4v) is 1.47. The van der Waals surface area contributed by atoms with Crippen LogP contribution >= 0.6 is 0 Å². The summed E-state index contributed by atoms with van der Waals surface area (Å²) in [6.07, 6.45) is 2.67. The number of rotatable bonds is 6. The van der Waals surface area contributed by atoms with E-state index in [4.69, 9.17) is 9.47 Å². The number of esters is 1. The van der Waals surface area contributed by atoms with Crippen LogP contribution in [0.15, 0.2) is 18.3 Å². The molecule has 17 heavy (non-hydrogen) atoms. The number of hydrogen-bond acceptors (Lipinski definition) is 4. The molecule has 4 nitrogen and oxygen atoms in total. The molecular formula is C13H19NO3. The predicted octanol–water partition coefficient (Wildman–Crippen LogP) is 2.50. The van der Waals surface area contributed by atoms with Crippen LogP contribution in [0, 0.1) is 6.92 Å². The van der Waals surface area contributed by atoms with Gasteiger partial charge in [-0.1, -0.05) is 13.3 Å². The van der Waals surface area contributed by atoms with E-state index in [2.05, 4.69) is 4.98 Å². The summed E-state index contributed by atoms with van der Waals surface area (Å²) in [7, 11) is 0. The number of pyridine rings is 1. The van der Waals surface area contributed by atoms with Crippen LogP contribution in [0.25, 0.3) is 0 Å². The number of ether oxygens (including phenoxy) is 2. The largest absolute Gasteiger partial charge is 0.477 e. The molecule has 0 amide bonds. The highest BCUT2D eigenvalue weighted by Gasteiger charge is 2.21. The topological polar surface area (TPSA) is 48.4 Å². The highest BCUT2D eigenvalue weighted by Crippen LogP contribution is 2.18. The first kappa shape index (κ1) is 13.5. The van der Waals surface area contributed by atoms with Gasteiger partial charge in [-0.25, -0.2) is 4.79 Å². The van der Waals surface area contributed by atoms with Crippen LogP contribution in [-0.4, -0.2) is 23.7 Å². The van der Waals surface area contributed by atoms with Gasteiger partial charge >= 0.3 is 5.97 Å². The third-order valence-corrected chi connectivity index (χ3v) is 2.33. The molecule has 0 aliphatic heterocycles. The summed E-state index contributed by atoms with van der Waals surface area (Å²) in [6.45, 7) is 6.01. The average Bonchev–Trinajstić information content (AvgIpc) is 2.31. The van der Waals surface area contributed by atoms with Gasteiger partial charge in [0.25, 0.3) is 0 Å². The van der Waals surface area contributed by atoms with Gasteiger partial charge in [0.15, 0.2) is 6.10 Å². The molecule has 0 saturated heterocycles. The lowest BCUT2D eigenvalue weighted by atomic mass is 10.2. The van der Waals surface area contributed by atoms with Crippen molar-refractivity contribution >= 4 is 5.97 Å². The molecular weight excluding hydrogens is 218 g/mol. The van der Waals surface area contributed by atoms with E-state index in [1.54, 1.807) is 19.2 Å². The Bertz CT molecular complexity index is 365. The molecule has 0 spiro atoms. The van der Waals surface area contributed by atoms with E-state index >= 15 is 0 Å². The summed E-state index contributed by atoms with van der Waals surface area (Å²) in [5.74, 6) is 0.330. The lowest BCUT2D eigenvalue weighted by molar-refractivity contribution is -0.151. The predicted molar refractivity (Wildman–Crippen MR) is 64.9 cm³/mol. The van der Waals surface area contributed by atoms with E-state index in [0.717, 1.165) is 12.1 Å². The lowest BCUT2D eigenvalue weighted by Gasteiger charge is -2.17. The molecule has 0 aliphatic carbocycles. The normalized spacial score (nSPS) is 11.9. The summed E-state index contributed by atoms with van der Waals surface area (Å²) in [5.41, 5.74) is 0.776. The van der Waals surface area contributed by atoms with Crippen molar-refractivity contribution in [1.29, 1.82) is 0 Å². The fourth-order valence-electron chi connectivity index (χ4n) is 1.47. The second kappa shape index (κ2) is 6.89. The molecule has 1 atom stereocenters. The number of aryl methyl sites for hydroxylation is 1. The molecule has 94 valence electrons. The zero-order chi connectivity index (χ0) is 12.7. The minimum Gasteiger partial charge on any atom is -0.477 e. The van der Waals surface area contributed by atoms with Crippen molar-refractivity contribution in [3.8, 4) is 5.75 Å². The first-order valence-electron chi connectivity index (χ1n) is 5.94.